The summed E-state index contributed by atoms with van der Waals surface area (Å²) >= 11 is 0. The number of carbonyl (C=O) groups is 1. The molecule has 0 amide bonds. The summed E-state index contributed by atoms with van der Waals surface area (Å²) in [5.74, 6) is 1.11. The van der Waals surface area contributed by atoms with Gasteiger partial charge in [0.05, 0.1) is 0 Å². The molecule has 1 aliphatic heterocycles. The van der Waals surface area contributed by atoms with E-state index in [1.165, 1.54) is 37.8 Å². The Kier molecular flexibility index (Phi) is 3.04. The van der Waals surface area contributed by atoms with Gasteiger partial charge in [0.15, 0.2) is 5.78 Å². The van der Waals surface area contributed by atoms with E-state index in [2.05, 4.69) is 17.5 Å². The van der Waals surface area contributed by atoms with E-state index in [4.69, 9.17) is 0 Å². The second-order valence-electron chi connectivity index (χ2n) is 5.60. The summed E-state index contributed by atoms with van der Waals surface area (Å²) in [6, 6.07) is 0.486. The smallest absolute Gasteiger partial charge is 0.164 e. The van der Waals surface area contributed by atoms with Crippen molar-refractivity contribution in [3.05, 3.63) is 23.4 Å². The molecule has 1 heterocycles. The summed E-state index contributed by atoms with van der Waals surface area (Å²) in [6.07, 6.45) is 14.0. The molecule has 1 N–H and O–H groups in total. The van der Waals surface area contributed by atoms with Crippen LogP contribution in [0.1, 0.15) is 51.4 Å². The first-order chi connectivity index (χ1) is 8.34. The van der Waals surface area contributed by atoms with Crippen LogP contribution in [0.2, 0.25) is 0 Å². The zero-order chi connectivity index (χ0) is 11.7. The first kappa shape index (κ1) is 11.1. The summed E-state index contributed by atoms with van der Waals surface area (Å²) < 4.78 is 0. The maximum Gasteiger partial charge on any atom is 0.164 e. The molecule has 3 rings (SSSR count). The Morgan fingerprint density at radius 2 is 1.88 bits per heavy atom. The van der Waals surface area contributed by atoms with E-state index in [9.17, 15) is 4.79 Å². The largest absolute Gasteiger partial charge is 0.381 e. The van der Waals surface area contributed by atoms with Gasteiger partial charge in [-0.3, -0.25) is 4.79 Å². The lowest BCUT2D eigenvalue weighted by atomic mass is 9.81. The molecule has 0 aromatic carbocycles. The molecule has 0 aromatic heterocycles. The van der Waals surface area contributed by atoms with Crippen molar-refractivity contribution in [1.82, 2.24) is 5.32 Å². The van der Waals surface area contributed by atoms with Crippen molar-refractivity contribution >= 4 is 5.78 Å². The van der Waals surface area contributed by atoms with E-state index in [0.717, 1.165) is 30.8 Å². The fraction of sp³-hybridized carbons (Fsp3) is 0.667. The molecular weight excluding hydrogens is 210 g/mol. The molecule has 3 aliphatic rings. The van der Waals surface area contributed by atoms with Crippen LogP contribution in [0.3, 0.4) is 0 Å². The van der Waals surface area contributed by atoms with Crippen molar-refractivity contribution in [3.63, 3.8) is 0 Å². The molecule has 17 heavy (non-hydrogen) atoms. The van der Waals surface area contributed by atoms with Crippen molar-refractivity contribution in [3.8, 4) is 0 Å². The molecular formula is C15H21NO. The fourth-order valence-electron chi connectivity index (χ4n) is 3.42. The average molecular weight is 231 g/mol. The molecule has 2 nitrogen and oxygen atoms in total. The minimum Gasteiger partial charge on any atom is -0.381 e. The maximum atomic E-state index is 11.8. The third-order valence-corrected chi connectivity index (χ3v) is 4.42. The Bertz CT molecular complexity index is 374. The minimum absolute atomic E-state index is 0.331. The Labute approximate surface area is 103 Å². The van der Waals surface area contributed by atoms with Gasteiger partial charge in [-0.1, -0.05) is 31.4 Å². The van der Waals surface area contributed by atoms with Crippen molar-refractivity contribution in [2.45, 2.75) is 57.4 Å². The van der Waals surface area contributed by atoms with Crippen LogP contribution in [0.15, 0.2) is 23.4 Å². The predicted octanol–water partition coefficient (Wildman–Crippen LogP) is 3.10. The van der Waals surface area contributed by atoms with E-state index in [0.29, 0.717) is 11.8 Å². The first-order valence-corrected chi connectivity index (χ1v) is 7.06. The molecule has 0 unspecified atom stereocenters. The molecule has 0 saturated heterocycles. The topological polar surface area (TPSA) is 29.1 Å². The second-order valence-corrected chi connectivity index (χ2v) is 5.60. The summed E-state index contributed by atoms with van der Waals surface area (Å²) in [5.41, 5.74) is 2.18. The van der Waals surface area contributed by atoms with Crippen LogP contribution in [-0.2, 0) is 4.79 Å². The van der Waals surface area contributed by atoms with Gasteiger partial charge in [-0.25, -0.2) is 0 Å². The van der Waals surface area contributed by atoms with Crippen LogP contribution in [0.4, 0.5) is 0 Å². The number of dihydropyridines is 1. The lowest BCUT2D eigenvalue weighted by Crippen LogP contribution is -2.39. The number of carbonyl (C=O) groups excluding carboxylic acids is 1. The molecule has 92 valence electrons. The fourth-order valence-corrected chi connectivity index (χ4v) is 3.42. The summed E-state index contributed by atoms with van der Waals surface area (Å²) in [5, 5.41) is 3.63. The number of hydrogen-bond acceptors (Lipinski definition) is 2. The van der Waals surface area contributed by atoms with Crippen LogP contribution < -0.4 is 5.32 Å². The van der Waals surface area contributed by atoms with Gasteiger partial charge in [0.2, 0.25) is 0 Å². The van der Waals surface area contributed by atoms with Crippen LogP contribution >= 0.6 is 0 Å². The second kappa shape index (κ2) is 4.67. The zero-order valence-corrected chi connectivity index (χ0v) is 10.4. The third-order valence-electron chi connectivity index (χ3n) is 4.42. The molecule has 1 fully saturated rings. The minimum atomic E-state index is 0.331. The number of allylic oxidation sites excluding steroid dienone is 3. The normalized spacial score (nSPS) is 30.1. The van der Waals surface area contributed by atoms with Crippen LogP contribution in [0.5, 0.6) is 0 Å². The molecule has 0 aromatic rings. The SMILES string of the molecule is O=C1CCCC2=C1C=C[C@@H](C1CCCCC1)N2. The maximum absolute atomic E-state index is 11.8. The van der Waals surface area contributed by atoms with E-state index in [-0.39, 0.29) is 0 Å². The molecule has 2 aliphatic carbocycles. The summed E-state index contributed by atoms with van der Waals surface area (Å²) in [6.45, 7) is 0. The molecule has 1 saturated carbocycles. The summed E-state index contributed by atoms with van der Waals surface area (Å²) in [4.78, 5) is 11.8. The van der Waals surface area contributed by atoms with Crippen molar-refractivity contribution in [2.24, 2.45) is 5.92 Å². The summed E-state index contributed by atoms with van der Waals surface area (Å²) in [7, 11) is 0. The van der Waals surface area contributed by atoms with Crippen LogP contribution in [0, 0.1) is 5.92 Å². The van der Waals surface area contributed by atoms with Crippen LogP contribution in [0.25, 0.3) is 0 Å². The molecule has 0 bridgehead atoms. The molecule has 2 heteroatoms. The number of nitrogens with one attached hydrogen (secondary N) is 1. The first-order valence-electron chi connectivity index (χ1n) is 7.06. The molecule has 0 spiro atoms. The Morgan fingerprint density at radius 3 is 2.71 bits per heavy atom. The number of ketones is 1. The van der Waals surface area contributed by atoms with E-state index in [1.807, 2.05) is 0 Å². The Balaban J connectivity index is 1.73. The lowest BCUT2D eigenvalue weighted by molar-refractivity contribution is -0.115. The lowest BCUT2D eigenvalue weighted by Gasteiger charge is -2.34. The highest BCUT2D eigenvalue weighted by Gasteiger charge is 2.28. The van der Waals surface area contributed by atoms with Gasteiger partial charge in [-0.15, -0.1) is 0 Å². The average Bonchev–Trinajstić information content (AvgIpc) is 2.40. The van der Waals surface area contributed by atoms with Crippen molar-refractivity contribution < 1.29 is 4.79 Å². The quantitative estimate of drug-likeness (QED) is 0.751. The molecule has 1 atom stereocenters. The van der Waals surface area contributed by atoms with Gasteiger partial charge < -0.3 is 5.32 Å². The number of Topliss-reactive ketones (excluding diaryl/α,β-unsaturated/α-hetero) is 1. The standard InChI is InChI=1S/C15H21NO/c17-15-8-4-7-14-12(15)9-10-13(16-14)11-5-2-1-3-6-11/h9-11,13,16H,1-8H2/t13-/m0/s1. The highest BCUT2D eigenvalue weighted by molar-refractivity contribution is 5.99. The zero-order valence-electron chi connectivity index (χ0n) is 10.4. The third kappa shape index (κ3) is 2.18. The van der Waals surface area contributed by atoms with Gasteiger partial charge in [0.25, 0.3) is 0 Å². The van der Waals surface area contributed by atoms with E-state index >= 15 is 0 Å². The molecule has 0 radical (unpaired) electrons. The van der Waals surface area contributed by atoms with Crippen molar-refractivity contribution in [1.29, 1.82) is 0 Å². The highest BCUT2D eigenvalue weighted by Crippen LogP contribution is 2.31. The van der Waals surface area contributed by atoms with Gasteiger partial charge in [-0.2, -0.15) is 0 Å². The number of rotatable bonds is 1. The van der Waals surface area contributed by atoms with E-state index < -0.39 is 0 Å². The van der Waals surface area contributed by atoms with Gasteiger partial charge in [-0.05, 0) is 31.6 Å². The predicted molar refractivity (Wildman–Crippen MR) is 68.5 cm³/mol. The van der Waals surface area contributed by atoms with Gasteiger partial charge >= 0.3 is 0 Å². The van der Waals surface area contributed by atoms with Crippen LogP contribution in [-0.4, -0.2) is 11.8 Å². The monoisotopic (exact) mass is 231 g/mol. The Hall–Kier alpha value is -1.05. The Morgan fingerprint density at radius 1 is 1.06 bits per heavy atom. The van der Waals surface area contributed by atoms with Gasteiger partial charge in [0, 0.05) is 23.7 Å². The number of hydrogen-bond donors (Lipinski definition) is 1. The highest BCUT2D eigenvalue weighted by atomic mass is 16.1. The van der Waals surface area contributed by atoms with Gasteiger partial charge in [0.1, 0.15) is 0 Å². The van der Waals surface area contributed by atoms with E-state index in [1.54, 1.807) is 0 Å². The van der Waals surface area contributed by atoms with Crippen molar-refractivity contribution in [2.75, 3.05) is 0 Å².